The van der Waals surface area contributed by atoms with Gasteiger partial charge >= 0.3 is 0 Å². The van der Waals surface area contributed by atoms with E-state index < -0.39 is 5.82 Å². The van der Waals surface area contributed by atoms with Crippen molar-refractivity contribution in [2.45, 2.75) is 6.42 Å². The van der Waals surface area contributed by atoms with E-state index >= 15 is 0 Å². The van der Waals surface area contributed by atoms with Crippen molar-refractivity contribution in [3.05, 3.63) is 29.6 Å². The van der Waals surface area contributed by atoms with E-state index in [0.717, 1.165) is 0 Å². The van der Waals surface area contributed by atoms with Crippen LogP contribution in [0, 0.1) is 5.82 Å². The van der Waals surface area contributed by atoms with E-state index in [2.05, 4.69) is 0 Å². The summed E-state index contributed by atoms with van der Waals surface area (Å²) in [5, 5.41) is 0. The average Bonchev–Trinajstić information content (AvgIpc) is 2.18. The summed E-state index contributed by atoms with van der Waals surface area (Å²) < 4.78 is 17.9. The summed E-state index contributed by atoms with van der Waals surface area (Å²) in [4.78, 5) is 11.0. The van der Waals surface area contributed by atoms with Crippen LogP contribution in [0.1, 0.15) is 5.56 Å². The number of nitrogens with two attached hydrogens (primary N) is 1. The molecule has 0 saturated heterocycles. The molecule has 0 radical (unpaired) electrons. The molecule has 1 aromatic carbocycles. The molecule has 0 aliphatic rings. The zero-order chi connectivity index (χ0) is 10.6. The third kappa shape index (κ3) is 2.53. The van der Waals surface area contributed by atoms with Crippen molar-refractivity contribution < 1.29 is 13.9 Å². The highest BCUT2D eigenvalue weighted by atomic mass is 19.1. The highest BCUT2D eigenvalue weighted by molar-refractivity contribution is 5.82. The topological polar surface area (TPSA) is 52.3 Å². The Hall–Kier alpha value is -1.42. The molecule has 2 N–H and O–H groups in total. The van der Waals surface area contributed by atoms with E-state index in [9.17, 15) is 9.18 Å². The van der Waals surface area contributed by atoms with Crippen LogP contribution in [-0.2, 0) is 11.2 Å². The highest BCUT2D eigenvalue weighted by Gasteiger charge is 2.06. The number of hydrogen-bond donors (Lipinski definition) is 1. The number of rotatable bonds is 4. The summed E-state index contributed by atoms with van der Waals surface area (Å²) in [5.41, 5.74) is 5.76. The molecule has 0 aliphatic heterocycles. The molecule has 76 valence electrons. The van der Waals surface area contributed by atoms with Crippen molar-refractivity contribution in [2.24, 2.45) is 5.73 Å². The van der Waals surface area contributed by atoms with Crippen LogP contribution in [-0.4, -0.2) is 19.4 Å². The van der Waals surface area contributed by atoms with Gasteiger partial charge in [-0.25, -0.2) is 4.39 Å². The lowest BCUT2D eigenvalue weighted by Crippen LogP contribution is -2.15. The van der Waals surface area contributed by atoms with Crippen LogP contribution >= 0.6 is 0 Å². The quantitative estimate of drug-likeness (QED) is 0.780. The van der Waals surface area contributed by atoms with Crippen molar-refractivity contribution in [3.63, 3.8) is 0 Å². The Labute approximate surface area is 81.7 Å². The molecule has 0 unspecified atom stereocenters. The molecule has 0 fully saturated rings. The van der Waals surface area contributed by atoms with Gasteiger partial charge in [-0.3, -0.25) is 4.79 Å². The van der Waals surface area contributed by atoms with Gasteiger partial charge in [-0.1, -0.05) is 6.07 Å². The molecule has 1 aromatic rings. The number of Topliss-reactive ketones (excluding diaryl/α,β-unsaturated/α-hetero) is 1. The molecule has 0 amide bonds. The molecular weight excluding hydrogens is 185 g/mol. The SMILES string of the molecule is COc1ccc(CC(=O)CN)cc1F. The molecule has 0 spiro atoms. The molecule has 0 bridgehead atoms. The van der Waals surface area contributed by atoms with Gasteiger partial charge in [0.25, 0.3) is 0 Å². The van der Waals surface area contributed by atoms with E-state index in [1.165, 1.54) is 19.2 Å². The fraction of sp³-hybridized carbons (Fsp3) is 0.300. The molecule has 0 aromatic heterocycles. The van der Waals surface area contributed by atoms with Crippen molar-refractivity contribution in [1.82, 2.24) is 0 Å². The van der Waals surface area contributed by atoms with Crippen LogP contribution in [0.2, 0.25) is 0 Å². The molecule has 14 heavy (non-hydrogen) atoms. The van der Waals surface area contributed by atoms with Crippen LogP contribution < -0.4 is 10.5 Å². The third-order valence-corrected chi connectivity index (χ3v) is 1.85. The number of methoxy groups -OCH3 is 1. The maximum absolute atomic E-state index is 13.1. The van der Waals surface area contributed by atoms with E-state index in [0.29, 0.717) is 5.56 Å². The first-order chi connectivity index (χ1) is 6.67. The van der Waals surface area contributed by atoms with Crippen molar-refractivity contribution >= 4 is 5.78 Å². The maximum atomic E-state index is 13.1. The Bertz CT molecular complexity index is 339. The normalized spacial score (nSPS) is 9.93. The van der Waals surface area contributed by atoms with Gasteiger partial charge in [0, 0.05) is 6.42 Å². The number of hydrogen-bond acceptors (Lipinski definition) is 3. The van der Waals surface area contributed by atoms with E-state index in [-0.39, 0.29) is 24.5 Å². The lowest BCUT2D eigenvalue weighted by molar-refractivity contribution is -0.117. The second-order valence-electron chi connectivity index (χ2n) is 2.89. The Morgan fingerprint density at radius 2 is 2.29 bits per heavy atom. The average molecular weight is 197 g/mol. The number of ketones is 1. The number of carbonyl (C=O) groups is 1. The summed E-state index contributed by atoms with van der Waals surface area (Å²) in [6.07, 6.45) is 0.164. The van der Waals surface area contributed by atoms with E-state index in [4.69, 9.17) is 10.5 Å². The molecule has 1 rings (SSSR count). The molecule has 3 nitrogen and oxygen atoms in total. The van der Waals surface area contributed by atoms with E-state index in [1.807, 2.05) is 0 Å². The largest absolute Gasteiger partial charge is 0.494 e. The molecule has 0 saturated carbocycles. The van der Waals surface area contributed by atoms with Gasteiger partial charge < -0.3 is 10.5 Å². The molecule has 4 heteroatoms. The first-order valence-corrected chi connectivity index (χ1v) is 4.21. The minimum atomic E-state index is -0.463. The summed E-state index contributed by atoms with van der Waals surface area (Å²) in [7, 11) is 1.39. The van der Waals surface area contributed by atoms with Crippen molar-refractivity contribution in [1.29, 1.82) is 0 Å². The summed E-state index contributed by atoms with van der Waals surface area (Å²) in [6.45, 7) is -0.0202. The number of carbonyl (C=O) groups excluding carboxylic acids is 1. The Balaban J connectivity index is 2.81. The minimum Gasteiger partial charge on any atom is -0.494 e. The van der Waals surface area contributed by atoms with Crippen LogP contribution in [0.4, 0.5) is 4.39 Å². The Morgan fingerprint density at radius 1 is 1.57 bits per heavy atom. The summed E-state index contributed by atoms with van der Waals surface area (Å²) >= 11 is 0. The first kappa shape index (κ1) is 10.7. The van der Waals surface area contributed by atoms with Crippen molar-refractivity contribution in [2.75, 3.05) is 13.7 Å². The molecule has 0 heterocycles. The number of halogens is 1. The number of benzene rings is 1. The summed E-state index contributed by atoms with van der Waals surface area (Å²) in [5.74, 6) is -0.404. The maximum Gasteiger partial charge on any atom is 0.165 e. The zero-order valence-corrected chi connectivity index (χ0v) is 7.92. The molecular formula is C10H12FNO2. The Morgan fingerprint density at radius 3 is 2.79 bits per heavy atom. The monoisotopic (exact) mass is 197 g/mol. The third-order valence-electron chi connectivity index (χ3n) is 1.85. The Kier molecular flexibility index (Phi) is 3.59. The van der Waals surface area contributed by atoms with Gasteiger partial charge in [0.2, 0.25) is 0 Å². The summed E-state index contributed by atoms with van der Waals surface area (Å²) in [6, 6.07) is 4.43. The predicted molar refractivity (Wildman–Crippen MR) is 50.7 cm³/mol. The fourth-order valence-electron chi connectivity index (χ4n) is 1.12. The van der Waals surface area contributed by atoms with Crippen LogP contribution in [0.5, 0.6) is 5.75 Å². The van der Waals surface area contributed by atoms with Gasteiger partial charge in [-0.05, 0) is 17.7 Å². The van der Waals surface area contributed by atoms with Gasteiger partial charge in [0.15, 0.2) is 17.3 Å². The second-order valence-corrected chi connectivity index (χ2v) is 2.89. The van der Waals surface area contributed by atoms with Gasteiger partial charge in [0.05, 0.1) is 13.7 Å². The zero-order valence-electron chi connectivity index (χ0n) is 7.92. The molecule has 0 atom stereocenters. The lowest BCUT2D eigenvalue weighted by Gasteiger charge is -2.03. The fourth-order valence-corrected chi connectivity index (χ4v) is 1.12. The predicted octanol–water partition coefficient (Wildman–Crippen LogP) is 0.905. The minimum absolute atomic E-state index is 0.0202. The standard InChI is InChI=1S/C10H12FNO2/c1-14-10-3-2-7(5-9(10)11)4-8(13)6-12/h2-3,5H,4,6,12H2,1H3. The molecule has 0 aliphatic carbocycles. The number of ether oxygens (including phenoxy) is 1. The van der Waals surface area contributed by atoms with Crippen LogP contribution in [0.25, 0.3) is 0 Å². The van der Waals surface area contributed by atoms with E-state index in [1.54, 1.807) is 6.07 Å². The first-order valence-electron chi connectivity index (χ1n) is 4.21. The highest BCUT2D eigenvalue weighted by Crippen LogP contribution is 2.17. The van der Waals surface area contributed by atoms with Crippen molar-refractivity contribution in [3.8, 4) is 5.75 Å². The van der Waals surface area contributed by atoms with Crippen LogP contribution in [0.15, 0.2) is 18.2 Å². The van der Waals surface area contributed by atoms with Crippen LogP contribution in [0.3, 0.4) is 0 Å². The van der Waals surface area contributed by atoms with Gasteiger partial charge in [-0.15, -0.1) is 0 Å². The van der Waals surface area contributed by atoms with Gasteiger partial charge in [0.1, 0.15) is 0 Å². The van der Waals surface area contributed by atoms with Gasteiger partial charge in [-0.2, -0.15) is 0 Å². The second kappa shape index (κ2) is 4.72. The lowest BCUT2D eigenvalue weighted by atomic mass is 10.1. The smallest absolute Gasteiger partial charge is 0.165 e.